The molecule has 0 amide bonds. The van der Waals surface area contributed by atoms with Crippen LogP contribution in [-0.4, -0.2) is 4.98 Å². The largest absolute Gasteiger partial charge is 0.242 e. The molecule has 1 aromatic carbocycles. The van der Waals surface area contributed by atoms with Gasteiger partial charge in [0.1, 0.15) is 5.15 Å². The van der Waals surface area contributed by atoms with Gasteiger partial charge in [-0.25, -0.2) is 4.98 Å². The van der Waals surface area contributed by atoms with Crippen LogP contribution in [0.3, 0.4) is 0 Å². The number of rotatable bonds is 0. The standard InChI is InChI=1S/C9H4BrCl2N/c10-5-1-2-6-7(3-5)8(11)4-13-9(6)12/h1-4H. The number of hydrogen-bond donors (Lipinski definition) is 0. The van der Waals surface area contributed by atoms with Gasteiger partial charge in [0.15, 0.2) is 0 Å². The molecule has 4 heteroatoms. The van der Waals surface area contributed by atoms with Gasteiger partial charge in [-0.3, -0.25) is 0 Å². The summed E-state index contributed by atoms with van der Waals surface area (Å²) in [6.07, 6.45) is 1.55. The Kier molecular flexibility index (Phi) is 2.45. The minimum Gasteiger partial charge on any atom is -0.242 e. The molecule has 0 fully saturated rings. The van der Waals surface area contributed by atoms with Crippen LogP contribution in [0.15, 0.2) is 28.9 Å². The summed E-state index contributed by atoms with van der Waals surface area (Å²) in [5.41, 5.74) is 0. The zero-order chi connectivity index (χ0) is 9.42. The van der Waals surface area contributed by atoms with Crippen LogP contribution in [0.2, 0.25) is 10.2 Å². The van der Waals surface area contributed by atoms with E-state index in [-0.39, 0.29) is 0 Å². The zero-order valence-corrected chi connectivity index (χ0v) is 9.49. The van der Waals surface area contributed by atoms with Gasteiger partial charge in [-0.1, -0.05) is 45.2 Å². The van der Waals surface area contributed by atoms with E-state index in [4.69, 9.17) is 23.2 Å². The molecule has 0 bridgehead atoms. The van der Waals surface area contributed by atoms with Crippen LogP contribution in [0.5, 0.6) is 0 Å². The predicted molar refractivity (Wildman–Crippen MR) is 59.5 cm³/mol. The molecule has 0 saturated heterocycles. The lowest BCUT2D eigenvalue weighted by molar-refractivity contribution is 1.36. The molecule has 0 aliphatic heterocycles. The third-order valence-electron chi connectivity index (χ3n) is 1.75. The lowest BCUT2D eigenvalue weighted by atomic mass is 10.2. The van der Waals surface area contributed by atoms with Crippen molar-refractivity contribution in [1.29, 1.82) is 0 Å². The van der Waals surface area contributed by atoms with Crippen LogP contribution < -0.4 is 0 Å². The van der Waals surface area contributed by atoms with Crippen molar-refractivity contribution in [2.24, 2.45) is 0 Å². The molecule has 2 rings (SSSR count). The molecule has 0 aliphatic rings. The molecule has 1 heterocycles. The Morgan fingerprint density at radius 1 is 1.15 bits per heavy atom. The van der Waals surface area contributed by atoms with Gasteiger partial charge in [-0.15, -0.1) is 0 Å². The summed E-state index contributed by atoms with van der Waals surface area (Å²) in [6.45, 7) is 0. The van der Waals surface area contributed by atoms with E-state index in [0.717, 1.165) is 15.2 Å². The van der Waals surface area contributed by atoms with Crippen molar-refractivity contribution in [2.75, 3.05) is 0 Å². The monoisotopic (exact) mass is 275 g/mol. The molecule has 0 spiro atoms. The fraction of sp³-hybridized carbons (Fsp3) is 0. The second-order valence-corrected chi connectivity index (χ2v) is 4.27. The van der Waals surface area contributed by atoms with Gasteiger partial charge >= 0.3 is 0 Å². The summed E-state index contributed by atoms with van der Waals surface area (Å²) in [5, 5.41) is 2.88. The Labute approximate surface area is 93.8 Å². The fourth-order valence-electron chi connectivity index (χ4n) is 1.15. The molecule has 0 radical (unpaired) electrons. The van der Waals surface area contributed by atoms with Crippen LogP contribution in [0.1, 0.15) is 0 Å². The molecule has 0 unspecified atom stereocenters. The van der Waals surface area contributed by atoms with Gasteiger partial charge in [-0.05, 0) is 12.1 Å². The van der Waals surface area contributed by atoms with Gasteiger partial charge in [0.2, 0.25) is 0 Å². The smallest absolute Gasteiger partial charge is 0.136 e. The molecule has 1 aromatic heterocycles. The van der Waals surface area contributed by atoms with E-state index in [1.54, 1.807) is 6.20 Å². The van der Waals surface area contributed by atoms with Crippen molar-refractivity contribution in [3.63, 3.8) is 0 Å². The summed E-state index contributed by atoms with van der Waals surface area (Å²) in [4.78, 5) is 3.95. The summed E-state index contributed by atoms with van der Waals surface area (Å²) in [7, 11) is 0. The van der Waals surface area contributed by atoms with Crippen molar-refractivity contribution in [2.45, 2.75) is 0 Å². The average Bonchev–Trinajstić information content (AvgIpc) is 2.12. The van der Waals surface area contributed by atoms with Crippen LogP contribution >= 0.6 is 39.1 Å². The summed E-state index contributed by atoms with van der Waals surface area (Å²) < 4.78 is 0.976. The lowest BCUT2D eigenvalue weighted by Crippen LogP contribution is -1.80. The summed E-state index contributed by atoms with van der Waals surface area (Å²) >= 11 is 15.2. The maximum Gasteiger partial charge on any atom is 0.136 e. The second kappa shape index (κ2) is 3.45. The summed E-state index contributed by atoms with van der Waals surface area (Å²) in [5.74, 6) is 0. The normalized spacial score (nSPS) is 10.7. The van der Waals surface area contributed by atoms with E-state index in [1.807, 2.05) is 18.2 Å². The van der Waals surface area contributed by atoms with E-state index < -0.39 is 0 Å². The number of benzene rings is 1. The molecular weight excluding hydrogens is 273 g/mol. The first-order valence-corrected chi connectivity index (χ1v) is 5.12. The van der Waals surface area contributed by atoms with E-state index in [2.05, 4.69) is 20.9 Å². The van der Waals surface area contributed by atoms with Crippen molar-refractivity contribution in [3.8, 4) is 0 Å². The highest BCUT2D eigenvalue weighted by atomic mass is 79.9. The second-order valence-electron chi connectivity index (χ2n) is 2.59. The van der Waals surface area contributed by atoms with Crippen LogP contribution in [-0.2, 0) is 0 Å². The Hall–Kier alpha value is -0.310. The first kappa shape index (κ1) is 9.25. The van der Waals surface area contributed by atoms with E-state index in [0.29, 0.717) is 10.2 Å². The highest BCUT2D eigenvalue weighted by Crippen LogP contribution is 2.29. The van der Waals surface area contributed by atoms with Crippen LogP contribution in [0.4, 0.5) is 0 Å². The SMILES string of the molecule is Clc1cnc(Cl)c2ccc(Br)cc12. The quantitative estimate of drug-likeness (QED) is 0.654. The van der Waals surface area contributed by atoms with E-state index in [1.165, 1.54) is 0 Å². The molecular formula is C9H4BrCl2N. The Balaban J connectivity index is 2.92. The third kappa shape index (κ3) is 1.66. The van der Waals surface area contributed by atoms with Gasteiger partial charge in [-0.2, -0.15) is 0 Å². The predicted octanol–water partition coefficient (Wildman–Crippen LogP) is 4.30. The highest BCUT2D eigenvalue weighted by molar-refractivity contribution is 9.10. The first-order chi connectivity index (χ1) is 6.18. The Morgan fingerprint density at radius 3 is 2.69 bits per heavy atom. The van der Waals surface area contributed by atoms with Gasteiger partial charge in [0.05, 0.1) is 5.02 Å². The number of pyridine rings is 1. The van der Waals surface area contributed by atoms with Crippen molar-refractivity contribution in [1.82, 2.24) is 4.98 Å². The van der Waals surface area contributed by atoms with Gasteiger partial charge < -0.3 is 0 Å². The van der Waals surface area contributed by atoms with Gasteiger partial charge in [0, 0.05) is 21.4 Å². The minimum atomic E-state index is 0.479. The first-order valence-electron chi connectivity index (χ1n) is 3.58. The van der Waals surface area contributed by atoms with Gasteiger partial charge in [0.25, 0.3) is 0 Å². The van der Waals surface area contributed by atoms with Crippen LogP contribution in [0.25, 0.3) is 10.8 Å². The average molecular weight is 277 g/mol. The lowest BCUT2D eigenvalue weighted by Gasteiger charge is -2.01. The molecule has 13 heavy (non-hydrogen) atoms. The van der Waals surface area contributed by atoms with Crippen LogP contribution in [0, 0.1) is 0 Å². The number of fused-ring (bicyclic) bond motifs is 1. The number of hydrogen-bond acceptors (Lipinski definition) is 1. The molecule has 0 atom stereocenters. The molecule has 0 saturated carbocycles. The highest BCUT2D eigenvalue weighted by Gasteiger charge is 2.04. The minimum absolute atomic E-state index is 0.479. The van der Waals surface area contributed by atoms with Crippen molar-refractivity contribution < 1.29 is 0 Å². The third-order valence-corrected chi connectivity index (χ3v) is 2.85. The van der Waals surface area contributed by atoms with Crippen molar-refractivity contribution in [3.05, 3.63) is 39.0 Å². The molecule has 0 aliphatic carbocycles. The summed E-state index contributed by atoms with van der Waals surface area (Å²) in [6, 6.07) is 5.72. The number of nitrogens with zero attached hydrogens (tertiary/aromatic N) is 1. The molecule has 66 valence electrons. The maximum absolute atomic E-state index is 5.96. The van der Waals surface area contributed by atoms with E-state index >= 15 is 0 Å². The van der Waals surface area contributed by atoms with Crippen molar-refractivity contribution >= 4 is 49.9 Å². The number of aromatic nitrogens is 1. The Morgan fingerprint density at radius 2 is 1.92 bits per heavy atom. The number of halogens is 3. The molecule has 2 aromatic rings. The van der Waals surface area contributed by atoms with E-state index in [9.17, 15) is 0 Å². The Bertz CT molecular complexity index is 470. The topological polar surface area (TPSA) is 12.9 Å². The molecule has 1 nitrogen and oxygen atoms in total. The zero-order valence-electron chi connectivity index (χ0n) is 6.39. The fourth-order valence-corrected chi connectivity index (χ4v) is 1.93. The maximum atomic E-state index is 5.96. The molecule has 0 N–H and O–H groups in total.